The molecule has 0 saturated heterocycles. The molecule has 1 aliphatic carbocycles. The first kappa shape index (κ1) is 53.4. The van der Waals surface area contributed by atoms with Crippen LogP contribution in [0.5, 0.6) is 0 Å². The highest BCUT2D eigenvalue weighted by molar-refractivity contribution is 9.10. The van der Waals surface area contributed by atoms with Crippen LogP contribution < -0.4 is 0 Å². The maximum absolute atomic E-state index is 3.51. The molecule has 17 aromatic rings. The summed E-state index contributed by atoms with van der Waals surface area (Å²) >= 11 is 3.51. The minimum atomic E-state index is 1.03. The molecule has 1 aliphatic rings. The Balaban J connectivity index is 0.000000119. The van der Waals surface area contributed by atoms with E-state index in [1.165, 1.54) is 144 Å². The van der Waals surface area contributed by atoms with Crippen molar-refractivity contribution >= 4 is 81.3 Å². The molecule has 3 nitrogen and oxygen atoms in total. The minimum Gasteiger partial charge on any atom is -0.309 e. The zero-order valence-corrected chi connectivity index (χ0v) is 50.3. The SMILES string of the molecule is Brc1cccc(-c2ccc(-c3ccccc3)cc2)c1.c1ccc(-c2ccc(-c3cccc(-n4c5ccccc5c5cc6c(cc54)c4ccccc4n6-c4ccccc4)c3)cc2)cc1.c1ccc(-n2c3ccccc3c3cc4c(cc32)-c2ccccc2C4)cc1. The van der Waals surface area contributed by atoms with Crippen LogP contribution >= 0.6 is 15.9 Å². The minimum absolute atomic E-state index is 1.03. The van der Waals surface area contributed by atoms with E-state index in [0.717, 1.165) is 16.6 Å². The molecular formula is C85H58BrN3. The van der Waals surface area contributed by atoms with Gasteiger partial charge in [0.2, 0.25) is 0 Å². The van der Waals surface area contributed by atoms with Gasteiger partial charge in [-0.25, -0.2) is 0 Å². The van der Waals surface area contributed by atoms with Crippen molar-refractivity contribution in [2.24, 2.45) is 0 Å². The van der Waals surface area contributed by atoms with Gasteiger partial charge in [0.1, 0.15) is 0 Å². The molecule has 0 bridgehead atoms. The van der Waals surface area contributed by atoms with Gasteiger partial charge in [0, 0.05) is 53.9 Å². The standard InChI is InChI=1S/C42H28N2.C25H17N.C18H13Br/c1-3-12-29(13-4-1)30-22-24-31(25-23-30)32-14-11-17-34(26-32)44-40-21-10-8-19-36(40)38-27-41-37(28-42(38)44)35-18-7-9-20-39(35)43(41)33-15-5-2-6-16-33;1-2-9-19(10-3-1)26-24-13-7-6-12-21(24)23-15-18-14-17-8-4-5-11-20(17)22(18)16-25(23)26;19-18-8-4-7-17(13-18)16-11-9-15(10-12-16)14-5-2-1-3-6-14/h1-28H;1-13,15-16H,14H2;1-13H. The van der Waals surface area contributed by atoms with Gasteiger partial charge in [-0.15, -0.1) is 0 Å². The van der Waals surface area contributed by atoms with Crippen LogP contribution in [0.25, 0.3) is 138 Å². The fourth-order valence-electron chi connectivity index (χ4n) is 13.5. The molecule has 0 atom stereocenters. The van der Waals surface area contributed by atoms with Gasteiger partial charge in [0.15, 0.2) is 0 Å². The number of rotatable bonds is 7. The summed E-state index contributed by atoms with van der Waals surface area (Å²) in [5, 5.41) is 7.70. The molecule has 3 heterocycles. The summed E-state index contributed by atoms with van der Waals surface area (Å²) < 4.78 is 8.33. The summed E-state index contributed by atoms with van der Waals surface area (Å²) in [6.45, 7) is 0. The Kier molecular flexibility index (Phi) is 13.8. The van der Waals surface area contributed by atoms with Crippen molar-refractivity contribution in [3.05, 3.63) is 355 Å². The van der Waals surface area contributed by atoms with Crippen LogP contribution in [-0.2, 0) is 6.42 Å². The Bertz CT molecular complexity index is 5430. The monoisotopic (exact) mass is 1200 g/mol. The quantitative estimate of drug-likeness (QED) is 0.151. The molecule has 0 N–H and O–H groups in total. The molecule has 420 valence electrons. The lowest BCUT2D eigenvalue weighted by Gasteiger charge is -2.11. The van der Waals surface area contributed by atoms with Crippen molar-refractivity contribution in [3.63, 3.8) is 0 Å². The van der Waals surface area contributed by atoms with Crippen LogP contribution in [0, 0.1) is 0 Å². The molecule has 0 unspecified atom stereocenters. The second-order valence-electron chi connectivity index (χ2n) is 22.9. The van der Waals surface area contributed by atoms with Crippen molar-refractivity contribution < 1.29 is 0 Å². The Labute approximate surface area is 526 Å². The van der Waals surface area contributed by atoms with E-state index in [2.05, 4.69) is 357 Å². The second-order valence-corrected chi connectivity index (χ2v) is 23.8. The first-order valence-electron chi connectivity index (χ1n) is 30.5. The van der Waals surface area contributed by atoms with Crippen molar-refractivity contribution in [1.82, 2.24) is 13.7 Å². The van der Waals surface area contributed by atoms with E-state index in [9.17, 15) is 0 Å². The largest absolute Gasteiger partial charge is 0.309 e. The second kappa shape index (κ2) is 23.0. The number of hydrogen-bond acceptors (Lipinski definition) is 0. The predicted molar refractivity (Wildman–Crippen MR) is 380 cm³/mol. The van der Waals surface area contributed by atoms with Crippen molar-refractivity contribution in [2.45, 2.75) is 6.42 Å². The number of halogens is 1. The number of nitrogens with zero attached hydrogens (tertiary/aromatic N) is 3. The van der Waals surface area contributed by atoms with Crippen molar-refractivity contribution in [1.29, 1.82) is 0 Å². The molecule has 89 heavy (non-hydrogen) atoms. The third-order valence-corrected chi connectivity index (χ3v) is 18.2. The third-order valence-electron chi connectivity index (χ3n) is 17.7. The third kappa shape index (κ3) is 9.90. The first-order valence-corrected chi connectivity index (χ1v) is 31.2. The van der Waals surface area contributed by atoms with E-state index in [-0.39, 0.29) is 0 Å². The molecule has 0 aliphatic heterocycles. The van der Waals surface area contributed by atoms with Crippen molar-refractivity contribution in [2.75, 3.05) is 0 Å². The van der Waals surface area contributed by atoms with Crippen LogP contribution in [0.1, 0.15) is 11.1 Å². The average Bonchev–Trinajstić information content (AvgIpc) is 1.63. The normalized spacial score (nSPS) is 11.6. The molecular weight excluding hydrogens is 1140 g/mol. The van der Waals surface area contributed by atoms with Crippen LogP contribution in [0.2, 0.25) is 0 Å². The predicted octanol–water partition coefficient (Wildman–Crippen LogP) is 23.4. The van der Waals surface area contributed by atoms with Gasteiger partial charge in [0.25, 0.3) is 0 Å². The lowest BCUT2D eigenvalue weighted by Crippen LogP contribution is -1.95. The number of para-hydroxylation sites is 5. The number of aromatic nitrogens is 3. The number of benzene rings is 14. The smallest absolute Gasteiger partial charge is 0.0548 e. The molecule has 3 aromatic heterocycles. The van der Waals surface area contributed by atoms with E-state index in [0.29, 0.717) is 0 Å². The fraction of sp³-hybridized carbons (Fsp3) is 0.0118. The van der Waals surface area contributed by atoms with Gasteiger partial charge in [-0.05, 0) is 164 Å². The maximum Gasteiger partial charge on any atom is 0.0548 e. The van der Waals surface area contributed by atoms with Crippen LogP contribution in [0.4, 0.5) is 0 Å². The summed E-state index contributed by atoms with van der Waals surface area (Å²) in [5.74, 6) is 0. The van der Waals surface area contributed by atoms with Gasteiger partial charge in [-0.3, -0.25) is 0 Å². The van der Waals surface area contributed by atoms with Gasteiger partial charge < -0.3 is 13.7 Å². The zero-order chi connectivity index (χ0) is 59.2. The topological polar surface area (TPSA) is 14.8 Å². The van der Waals surface area contributed by atoms with Gasteiger partial charge in [-0.1, -0.05) is 265 Å². The lowest BCUT2D eigenvalue weighted by atomic mass is 10.00. The highest BCUT2D eigenvalue weighted by Gasteiger charge is 2.23. The summed E-state index contributed by atoms with van der Waals surface area (Å²) in [6.07, 6.45) is 1.03. The summed E-state index contributed by atoms with van der Waals surface area (Å²) in [6, 6.07) is 122. The van der Waals surface area contributed by atoms with Crippen LogP contribution in [0.3, 0.4) is 0 Å². The van der Waals surface area contributed by atoms with E-state index in [4.69, 9.17) is 0 Å². The highest BCUT2D eigenvalue weighted by atomic mass is 79.9. The Morgan fingerprint density at radius 2 is 0.551 bits per heavy atom. The molecule has 0 radical (unpaired) electrons. The van der Waals surface area contributed by atoms with Gasteiger partial charge in [0.05, 0.1) is 33.1 Å². The maximum atomic E-state index is 3.51. The molecule has 0 spiro atoms. The summed E-state index contributed by atoms with van der Waals surface area (Å²) in [7, 11) is 0. The van der Waals surface area contributed by atoms with Crippen molar-refractivity contribution in [3.8, 4) is 72.7 Å². The Morgan fingerprint density at radius 1 is 0.202 bits per heavy atom. The molecule has 14 aromatic carbocycles. The van der Waals surface area contributed by atoms with Crippen LogP contribution in [-0.4, -0.2) is 13.7 Å². The molecule has 0 fully saturated rings. The first-order chi connectivity index (χ1) is 44.1. The van der Waals surface area contributed by atoms with E-state index >= 15 is 0 Å². The zero-order valence-electron chi connectivity index (χ0n) is 48.8. The molecule has 0 saturated carbocycles. The van der Waals surface area contributed by atoms with Gasteiger partial charge in [-0.2, -0.15) is 0 Å². The van der Waals surface area contributed by atoms with E-state index < -0.39 is 0 Å². The molecule has 18 rings (SSSR count). The highest BCUT2D eigenvalue weighted by Crippen LogP contribution is 2.44. The molecule has 4 heteroatoms. The summed E-state index contributed by atoms with van der Waals surface area (Å²) in [4.78, 5) is 0. The van der Waals surface area contributed by atoms with Gasteiger partial charge >= 0.3 is 0 Å². The lowest BCUT2D eigenvalue weighted by molar-refractivity contribution is 1.17. The Hall–Kier alpha value is -11.0. The number of fused-ring (bicyclic) bond motifs is 12. The summed E-state index contributed by atoms with van der Waals surface area (Å²) in [5.41, 5.74) is 26.5. The van der Waals surface area contributed by atoms with Crippen LogP contribution in [0.15, 0.2) is 344 Å². The average molecular weight is 1200 g/mol. The Morgan fingerprint density at radius 3 is 1.04 bits per heavy atom. The van der Waals surface area contributed by atoms with E-state index in [1.807, 2.05) is 12.1 Å². The molecule has 0 amide bonds. The van der Waals surface area contributed by atoms with E-state index in [1.54, 1.807) is 0 Å². The number of hydrogen-bond donors (Lipinski definition) is 0. The fourth-order valence-corrected chi connectivity index (χ4v) is 13.9.